The smallest absolute Gasteiger partial charge is 0.416 e. The number of carbonyl (C=O) groups is 3. The zero-order chi connectivity index (χ0) is 24.1. The van der Waals surface area contributed by atoms with Crippen LogP contribution in [0.2, 0.25) is 0 Å². The number of ketones is 1. The van der Waals surface area contributed by atoms with Crippen molar-refractivity contribution in [1.29, 1.82) is 0 Å². The van der Waals surface area contributed by atoms with Crippen molar-refractivity contribution in [2.75, 3.05) is 17.2 Å². The lowest BCUT2D eigenvalue weighted by Gasteiger charge is -2.15. The van der Waals surface area contributed by atoms with E-state index in [1.165, 1.54) is 26.0 Å². The zero-order valence-corrected chi connectivity index (χ0v) is 16.9. The molecule has 2 aromatic carbocycles. The fourth-order valence-electron chi connectivity index (χ4n) is 2.55. The summed E-state index contributed by atoms with van der Waals surface area (Å²) in [5.41, 5.74) is -1.72. The first-order valence-corrected chi connectivity index (χ1v) is 9.08. The van der Waals surface area contributed by atoms with Gasteiger partial charge in [0.15, 0.2) is 12.4 Å². The molecule has 9 nitrogen and oxygen atoms in total. The number of nitro benzene ring substituents is 1. The highest BCUT2D eigenvalue weighted by Gasteiger charge is 2.33. The predicted molar refractivity (Wildman–Crippen MR) is 107 cm³/mol. The van der Waals surface area contributed by atoms with E-state index in [9.17, 15) is 37.7 Å². The van der Waals surface area contributed by atoms with Gasteiger partial charge in [-0.3, -0.25) is 19.7 Å². The van der Waals surface area contributed by atoms with Crippen LogP contribution in [0.25, 0.3) is 0 Å². The molecule has 0 saturated heterocycles. The quantitative estimate of drug-likeness (QED) is 0.269. The number of hydrogen-bond acceptors (Lipinski definition) is 7. The number of rotatable bonds is 8. The Kier molecular flexibility index (Phi) is 7.52. The second kappa shape index (κ2) is 9.90. The summed E-state index contributed by atoms with van der Waals surface area (Å²) >= 11 is 0. The molecule has 32 heavy (non-hydrogen) atoms. The molecule has 0 saturated carbocycles. The first-order valence-electron chi connectivity index (χ1n) is 9.08. The van der Waals surface area contributed by atoms with Crippen LogP contribution in [0.4, 0.5) is 30.2 Å². The van der Waals surface area contributed by atoms with Crippen LogP contribution in [-0.2, 0) is 20.5 Å². The van der Waals surface area contributed by atoms with Gasteiger partial charge in [0.05, 0.1) is 10.5 Å². The number of esters is 1. The average molecular weight is 453 g/mol. The Hall–Kier alpha value is -3.96. The van der Waals surface area contributed by atoms with E-state index in [0.717, 1.165) is 6.07 Å². The maximum atomic E-state index is 12.8. The minimum Gasteiger partial charge on any atom is -0.454 e. The molecule has 0 aliphatic heterocycles. The van der Waals surface area contributed by atoms with E-state index in [-0.39, 0.29) is 11.5 Å². The minimum atomic E-state index is -4.77. The second-order valence-corrected chi connectivity index (χ2v) is 6.65. The highest BCUT2D eigenvalue weighted by Crippen LogP contribution is 2.35. The number of Topliss-reactive ketones (excluding diaryl/α,β-unsaturated/α-hetero) is 1. The Morgan fingerprint density at radius 1 is 1.16 bits per heavy atom. The van der Waals surface area contributed by atoms with Crippen molar-refractivity contribution in [1.82, 2.24) is 0 Å². The SMILES string of the molecule is CC(=O)c1cccc(NC(=O)COC(=O)[C@H](C)Nc2ccc(C(F)(F)F)cc2[N+](=O)[O-])c1. The van der Waals surface area contributed by atoms with Crippen molar-refractivity contribution < 1.29 is 37.2 Å². The molecule has 0 aliphatic carbocycles. The van der Waals surface area contributed by atoms with Crippen molar-refractivity contribution in [2.45, 2.75) is 26.1 Å². The minimum absolute atomic E-state index is 0.204. The molecule has 1 atom stereocenters. The van der Waals surface area contributed by atoms with Crippen molar-refractivity contribution in [3.8, 4) is 0 Å². The fourth-order valence-corrected chi connectivity index (χ4v) is 2.55. The van der Waals surface area contributed by atoms with Crippen LogP contribution in [-0.4, -0.2) is 35.2 Å². The summed E-state index contributed by atoms with van der Waals surface area (Å²) in [4.78, 5) is 45.5. The molecule has 0 bridgehead atoms. The van der Waals surface area contributed by atoms with Crippen molar-refractivity contribution in [3.63, 3.8) is 0 Å². The van der Waals surface area contributed by atoms with E-state index in [1.807, 2.05) is 0 Å². The number of nitrogens with one attached hydrogen (secondary N) is 2. The molecule has 2 aromatic rings. The van der Waals surface area contributed by atoms with Crippen LogP contribution in [0.3, 0.4) is 0 Å². The van der Waals surface area contributed by atoms with E-state index in [1.54, 1.807) is 12.1 Å². The summed E-state index contributed by atoms with van der Waals surface area (Å²) in [5.74, 6) is -1.87. The average Bonchev–Trinajstić information content (AvgIpc) is 2.71. The van der Waals surface area contributed by atoms with Crippen LogP contribution in [0.5, 0.6) is 0 Å². The molecule has 0 fully saturated rings. The number of nitrogens with zero attached hydrogens (tertiary/aromatic N) is 1. The lowest BCUT2D eigenvalue weighted by Crippen LogP contribution is -2.31. The van der Waals surface area contributed by atoms with Gasteiger partial charge >= 0.3 is 12.1 Å². The van der Waals surface area contributed by atoms with Crippen LogP contribution < -0.4 is 10.6 Å². The fraction of sp³-hybridized carbons (Fsp3) is 0.250. The van der Waals surface area contributed by atoms with E-state index in [0.29, 0.717) is 23.4 Å². The van der Waals surface area contributed by atoms with Crippen molar-refractivity contribution >= 4 is 34.7 Å². The van der Waals surface area contributed by atoms with Gasteiger partial charge in [-0.15, -0.1) is 0 Å². The first-order chi connectivity index (χ1) is 14.9. The van der Waals surface area contributed by atoms with Gasteiger partial charge in [0.25, 0.3) is 11.6 Å². The molecule has 12 heteroatoms. The Morgan fingerprint density at radius 3 is 2.44 bits per heavy atom. The molecule has 2 N–H and O–H groups in total. The lowest BCUT2D eigenvalue weighted by molar-refractivity contribution is -0.384. The number of nitro groups is 1. The van der Waals surface area contributed by atoms with Gasteiger partial charge < -0.3 is 15.4 Å². The molecule has 0 heterocycles. The summed E-state index contributed by atoms with van der Waals surface area (Å²) in [6.07, 6.45) is -4.77. The molecule has 0 aliphatic rings. The molecule has 1 amide bonds. The number of anilines is 2. The second-order valence-electron chi connectivity index (χ2n) is 6.65. The Bertz CT molecular complexity index is 1060. The molecule has 170 valence electrons. The van der Waals surface area contributed by atoms with E-state index >= 15 is 0 Å². The Labute approximate surface area is 179 Å². The number of ether oxygens (including phenoxy) is 1. The van der Waals surface area contributed by atoms with Gasteiger partial charge in [0.2, 0.25) is 0 Å². The van der Waals surface area contributed by atoms with Crippen molar-refractivity contribution in [2.24, 2.45) is 0 Å². The summed E-state index contributed by atoms with van der Waals surface area (Å²) in [6, 6.07) is 6.70. The van der Waals surface area contributed by atoms with Crippen LogP contribution in [0.1, 0.15) is 29.8 Å². The molecule has 2 rings (SSSR count). The Morgan fingerprint density at radius 2 is 1.84 bits per heavy atom. The summed E-state index contributed by atoms with van der Waals surface area (Å²) in [6.45, 7) is 1.93. The standard InChI is InChI=1S/C20H18F3N3O6/c1-11(24-16-7-6-14(20(21,22)23)9-17(16)26(30)31)19(29)32-10-18(28)25-15-5-3-4-13(8-15)12(2)27/h3-9,11,24H,10H2,1-2H3,(H,25,28)/t11-/m0/s1. The summed E-state index contributed by atoms with van der Waals surface area (Å²) < 4.78 is 43.2. The van der Waals surface area contributed by atoms with E-state index in [2.05, 4.69) is 10.6 Å². The highest BCUT2D eigenvalue weighted by molar-refractivity contribution is 5.97. The predicted octanol–water partition coefficient (Wildman–Crippen LogP) is 3.80. The third-order valence-corrected chi connectivity index (χ3v) is 4.15. The van der Waals surface area contributed by atoms with Gasteiger partial charge in [0, 0.05) is 17.3 Å². The molecule has 0 aromatic heterocycles. The van der Waals surface area contributed by atoms with E-state index in [4.69, 9.17) is 4.74 Å². The third kappa shape index (κ3) is 6.52. The number of alkyl halides is 3. The van der Waals surface area contributed by atoms with E-state index < -0.39 is 46.9 Å². The number of hydrogen-bond donors (Lipinski definition) is 2. The maximum absolute atomic E-state index is 12.8. The third-order valence-electron chi connectivity index (χ3n) is 4.15. The van der Waals surface area contributed by atoms with Crippen LogP contribution in [0.15, 0.2) is 42.5 Å². The molecule has 0 radical (unpaired) electrons. The van der Waals surface area contributed by atoms with Crippen molar-refractivity contribution in [3.05, 3.63) is 63.7 Å². The van der Waals surface area contributed by atoms with Crippen LogP contribution >= 0.6 is 0 Å². The van der Waals surface area contributed by atoms with Crippen LogP contribution in [0, 0.1) is 10.1 Å². The van der Waals surface area contributed by atoms with Gasteiger partial charge in [-0.1, -0.05) is 12.1 Å². The van der Waals surface area contributed by atoms with Gasteiger partial charge in [-0.25, -0.2) is 4.79 Å². The van der Waals surface area contributed by atoms with Gasteiger partial charge in [-0.2, -0.15) is 13.2 Å². The molecular weight excluding hydrogens is 435 g/mol. The molecular formula is C20H18F3N3O6. The number of halogens is 3. The summed E-state index contributed by atoms with van der Waals surface area (Å²) in [5, 5.41) is 16.0. The molecule has 0 unspecified atom stereocenters. The maximum Gasteiger partial charge on any atom is 0.416 e. The normalized spacial score (nSPS) is 11.9. The lowest BCUT2D eigenvalue weighted by atomic mass is 10.1. The number of benzene rings is 2. The Balaban J connectivity index is 1.98. The highest BCUT2D eigenvalue weighted by atomic mass is 19.4. The molecule has 0 spiro atoms. The van der Waals surface area contributed by atoms with Gasteiger partial charge in [0.1, 0.15) is 11.7 Å². The summed E-state index contributed by atoms with van der Waals surface area (Å²) in [7, 11) is 0. The first kappa shape index (κ1) is 24.3. The monoisotopic (exact) mass is 453 g/mol. The number of amides is 1. The number of carbonyl (C=O) groups excluding carboxylic acids is 3. The zero-order valence-electron chi connectivity index (χ0n) is 16.9. The van der Waals surface area contributed by atoms with Gasteiger partial charge in [-0.05, 0) is 38.1 Å². The topological polar surface area (TPSA) is 128 Å². The largest absolute Gasteiger partial charge is 0.454 e.